The lowest BCUT2D eigenvalue weighted by Gasteiger charge is -2.11. The van der Waals surface area contributed by atoms with Crippen molar-refractivity contribution in [3.8, 4) is 5.75 Å². The summed E-state index contributed by atoms with van der Waals surface area (Å²) in [5, 5.41) is 5.64. The van der Waals surface area contributed by atoms with E-state index >= 15 is 0 Å². The summed E-state index contributed by atoms with van der Waals surface area (Å²) in [6.45, 7) is 7.16. The minimum atomic E-state index is -0.346. The fourth-order valence-electron chi connectivity index (χ4n) is 2.31. The van der Waals surface area contributed by atoms with Gasteiger partial charge in [0.05, 0.1) is 23.4 Å². The molecule has 0 bridgehead atoms. The third-order valence-corrected chi connectivity index (χ3v) is 3.70. The number of benzene rings is 1. The summed E-state index contributed by atoms with van der Waals surface area (Å²) < 4.78 is 5.50. The molecule has 0 unspecified atom stereocenters. The highest BCUT2D eigenvalue weighted by molar-refractivity contribution is 6.06. The van der Waals surface area contributed by atoms with Gasteiger partial charge < -0.3 is 15.4 Å². The zero-order valence-corrected chi connectivity index (χ0v) is 15.4. The Morgan fingerprint density at radius 2 is 1.81 bits per heavy atom. The smallest absolute Gasteiger partial charge is 0.257 e. The molecular weight excluding hydrogens is 330 g/mol. The number of carbonyl (C=O) groups excluding carboxylic acids is 2. The number of pyridine rings is 1. The number of amides is 2. The first kappa shape index (κ1) is 19.4. The molecule has 0 aliphatic carbocycles. The molecule has 0 atom stereocenters. The fraction of sp³-hybridized carbons (Fsp3) is 0.350. The van der Waals surface area contributed by atoms with Gasteiger partial charge in [0.25, 0.3) is 11.8 Å². The zero-order valence-electron chi connectivity index (χ0n) is 15.4. The molecule has 0 saturated carbocycles. The van der Waals surface area contributed by atoms with Crippen molar-refractivity contribution in [2.75, 3.05) is 18.5 Å². The Morgan fingerprint density at radius 1 is 1.12 bits per heavy atom. The molecule has 0 fully saturated rings. The fourth-order valence-corrected chi connectivity index (χ4v) is 2.31. The maximum Gasteiger partial charge on any atom is 0.257 e. The van der Waals surface area contributed by atoms with Crippen molar-refractivity contribution < 1.29 is 14.3 Å². The van der Waals surface area contributed by atoms with Crippen LogP contribution >= 0.6 is 0 Å². The van der Waals surface area contributed by atoms with Crippen LogP contribution < -0.4 is 15.4 Å². The molecule has 1 heterocycles. The van der Waals surface area contributed by atoms with E-state index in [0.717, 1.165) is 6.42 Å². The van der Waals surface area contributed by atoms with E-state index in [1.165, 1.54) is 18.5 Å². The Balaban J connectivity index is 2.07. The third kappa shape index (κ3) is 5.58. The lowest BCUT2D eigenvalue weighted by atomic mass is 10.1. The van der Waals surface area contributed by atoms with Crippen LogP contribution in [-0.4, -0.2) is 29.9 Å². The van der Waals surface area contributed by atoms with Crippen molar-refractivity contribution in [2.24, 2.45) is 5.92 Å². The summed E-state index contributed by atoms with van der Waals surface area (Å²) in [7, 11) is 0. The molecule has 0 aliphatic heterocycles. The number of aromatic nitrogens is 1. The topological polar surface area (TPSA) is 80.3 Å². The molecule has 2 rings (SSSR count). The number of anilines is 1. The molecule has 2 aromatic rings. The zero-order chi connectivity index (χ0) is 18.9. The largest absolute Gasteiger partial charge is 0.492 e. The number of hydrogen-bond acceptors (Lipinski definition) is 4. The highest BCUT2D eigenvalue weighted by atomic mass is 16.5. The molecule has 6 nitrogen and oxygen atoms in total. The maximum atomic E-state index is 12.5. The van der Waals surface area contributed by atoms with Gasteiger partial charge in [0.1, 0.15) is 5.75 Å². The minimum Gasteiger partial charge on any atom is -0.492 e. The molecule has 6 heteroatoms. The van der Waals surface area contributed by atoms with Crippen LogP contribution in [0, 0.1) is 5.92 Å². The highest BCUT2D eigenvalue weighted by Crippen LogP contribution is 2.24. The highest BCUT2D eigenvalue weighted by Gasteiger charge is 2.13. The number of rotatable bonds is 8. The predicted molar refractivity (Wildman–Crippen MR) is 102 cm³/mol. The summed E-state index contributed by atoms with van der Waals surface area (Å²) in [5.41, 5.74) is 1.25. The van der Waals surface area contributed by atoms with E-state index in [-0.39, 0.29) is 11.8 Å². The van der Waals surface area contributed by atoms with E-state index in [0.29, 0.717) is 41.6 Å². The van der Waals surface area contributed by atoms with Crippen molar-refractivity contribution in [1.29, 1.82) is 0 Å². The van der Waals surface area contributed by atoms with E-state index in [4.69, 9.17) is 4.74 Å². The van der Waals surface area contributed by atoms with Gasteiger partial charge in [-0.1, -0.05) is 26.0 Å². The van der Waals surface area contributed by atoms with E-state index in [9.17, 15) is 9.59 Å². The standard InChI is InChI=1S/C20H25N3O3/c1-4-26-18-8-6-5-7-17(18)23-20(25)16-11-15(12-21-13-16)19(24)22-10-9-14(2)3/h5-8,11-14H,4,9-10H2,1-3H3,(H,22,24)(H,23,25). The van der Waals surface area contributed by atoms with Gasteiger partial charge in [0, 0.05) is 18.9 Å². The van der Waals surface area contributed by atoms with E-state index in [1.54, 1.807) is 12.1 Å². The first-order valence-electron chi connectivity index (χ1n) is 8.77. The first-order chi connectivity index (χ1) is 12.5. The van der Waals surface area contributed by atoms with Crippen molar-refractivity contribution in [3.05, 3.63) is 53.9 Å². The van der Waals surface area contributed by atoms with Crippen molar-refractivity contribution in [3.63, 3.8) is 0 Å². The van der Waals surface area contributed by atoms with Gasteiger partial charge in [-0.05, 0) is 37.5 Å². The molecule has 0 radical (unpaired) electrons. The average Bonchev–Trinajstić information content (AvgIpc) is 2.63. The molecule has 138 valence electrons. The minimum absolute atomic E-state index is 0.234. The Kier molecular flexibility index (Phi) is 7.14. The van der Waals surface area contributed by atoms with E-state index < -0.39 is 0 Å². The van der Waals surface area contributed by atoms with Gasteiger partial charge in [0.15, 0.2) is 0 Å². The van der Waals surface area contributed by atoms with Crippen LogP contribution in [0.15, 0.2) is 42.7 Å². The lowest BCUT2D eigenvalue weighted by Crippen LogP contribution is -2.26. The maximum absolute atomic E-state index is 12.5. The molecule has 1 aromatic heterocycles. The molecule has 2 amide bonds. The van der Waals surface area contributed by atoms with Gasteiger partial charge in [-0.25, -0.2) is 0 Å². The monoisotopic (exact) mass is 355 g/mol. The van der Waals surface area contributed by atoms with Gasteiger partial charge in [0.2, 0.25) is 0 Å². The molecule has 0 spiro atoms. The molecule has 1 aromatic carbocycles. The summed E-state index contributed by atoms with van der Waals surface area (Å²) >= 11 is 0. The average molecular weight is 355 g/mol. The van der Waals surface area contributed by atoms with Crippen molar-refractivity contribution in [1.82, 2.24) is 10.3 Å². The molecule has 0 aliphatic rings. The lowest BCUT2D eigenvalue weighted by molar-refractivity contribution is 0.0951. The van der Waals surface area contributed by atoms with Gasteiger partial charge >= 0.3 is 0 Å². The van der Waals surface area contributed by atoms with E-state index in [1.807, 2.05) is 19.1 Å². The SMILES string of the molecule is CCOc1ccccc1NC(=O)c1cncc(C(=O)NCCC(C)C)c1. The van der Waals surface area contributed by atoms with Gasteiger partial charge in [-0.3, -0.25) is 14.6 Å². The Labute approximate surface area is 154 Å². The summed E-state index contributed by atoms with van der Waals surface area (Å²) in [5.74, 6) is 0.527. The van der Waals surface area contributed by atoms with Crippen molar-refractivity contribution in [2.45, 2.75) is 27.2 Å². The summed E-state index contributed by atoms with van der Waals surface area (Å²) in [6, 6.07) is 8.74. The molecular formula is C20H25N3O3. The van der Waals surface area contributed by atoms with Crippen LogP contribution in [0.25, 0.3) is 0 Å². The van der Waals surface area contributed by atoms with Crippen LogP contribution in [0.5, 0.6) is 5.75 Å². The first-order valence-corrected chi connectivity index (χ1v) is 8.77. The predicted octanol–water partition coefficient (Wildman–Crippen LogP) is 3.51. The van der Waals surface area contributed by atoms with Crippen LogP contribution in [0.1, 0.15) is 47.9 Å². The number of hydrogen-bond donors (Lipinski definition) is 2. The quantitative estimate of drug-likeness (QED) is 0.759. The van der Waals surface area contributed by atoms with Crippen LogP contribution in [0.4, 0.5) is 5.69 Å². The van der Waals surface area contributed by atoms with E-state index in [2.05, 4.69) is 29.5 Å². The number of carbonyl (C=O) groups is 2. The third-order valence-electron chi connectivity index (χ3n) is 3.70. The Bertz CT molecular complexity index is 759. The number of para-hydroxylation sites is 2. The van der Waals surface area contributed by atoms with Gasteiger partial charge in [-0.15, -0.1) is 0 Å². The van der Waals surface area contributed by atoms with Crippen LogP contribution in [0.2, 0.25) is 0 Å². The second-order valence-electron chi connectivity index (χ2n) is 6.28. The van der Waals surface area contributed by atoms with Crippen LogP contribution in [0.3, 0.4) is 0 Å². The normalized spacial score (nSPS) is 10.5. The van der Waals surface area contributed by atoms with Gasteiger partial charge in [-0.2, -0.15) is 0 Å². The van der Waals surface area contributed by atoms with Crippen LogP contribution in [-0.2, 0) is 0 Å². The molecule has 26 heavy (non-hydrogen) atoms. The second kappa shape index (κ2) is 9.56. The Morgan fingerprint density at radius 3 is 2.50 bits per heavy atom. The summed E-state index contributed by atoms with van der Waals surface area (Å²) in [6.07, 6.45) is 3.78. The number of ether oxygens (including phenoxy) is 1. The summed E-state index contributed by atoms with van der Waals surface area (Å²) in [4.78, 5) is 28.7. The molecule has 0 saturated heterocycles. The second-order valence-corrected chi connectivity index (χ2v) is 6.28. The van der Waals surface area contributed by atoms with Crippen molar-refractivity contribution >= 4 is 17.5 Å². The number of nitrogens with one attached hydrogen (secondary N) is 2. The number of nitrogens with zero attached hydrogens (tertiary/aromatic N) is 1. The Hall–Kier alpha value is -2.89. The molecule has 2 N–H and O–H groups in total.